The Bertz CT molecular complexity index is 602. The molecule has 0 bridgehead atoms. The van der Waals surface area contributed by atoms with Crippen LogP contribution >= 0.6 is 0 Å². The van der Waals surface area contributed by atoms with Crippen LogP contribution in [0.4, 0.5) is 24.5 Å². The number of alkyl halides is 3. The number of hydrogen-bond acceptors (Lipinski definition) is 5. The largest absolute Gasteiger partial charge is 0.423 e. The van der Waals surface area contributed by atoms with Crippen LogP contribution in [0, 0.1) is 10.1 Å². The summed E-state index contributed by atoms with van der Waals surface area (Å²) in [5.41, 5.74) is 2.57. The van der Waals surface area contributed by atoms with Crippen molar-refractivity contribution in [1.82, 2.24) is 0 Å². The number of primary amides is 1. The predicted octanol–water partition coefficient (Wildman–Crippen LogP) is 2.82. The first kappa shape index (κ1) is 20.7. The van der Waals surface area contributed by atoms with E-state index < -0.39 is 34.9 Å². The lowest BCUT2D eigenvalue weighted by atomic mass is 9.95. The van der Waals surface area contributed by atoms with Gasteiger partial charge < -0.3 is 16.2 Å². The standard InChI is InChI=1S/C13H15F3N2O2.C2H5NO2/c14-13(15,16)11-8-10(6-7-12(11)18(19)20)17-9-4-2-1-3-5-9;3-2(5)1-4/h6-9,17H,1-5H2;4H,1H2,(H2,3,5). The number of rotatable bonds is 4. The molecule has 7 nitrogen and oxygen atoms in total. The Morgan fingerprint density at radius 1 is 1.32 bits per heavy atom. The van der Waals surface area contributed by atoms with Gasteiger partial charge in [0.1, 0.15) is 12.2 Å². The van der Waals surface area contributed by atoms with E-state index in [1.807, 2.05) is 0 Å². The van der Waals surface area contributed by atoms with E-state index in [1.165, 1.54) is 6.07 Å². The smallest absolute Gasteiger partial charge is 0.387 e. The van der Waals surface area contributed by atoms with Gasteiger partial charge in [-0.05, 0) is 25.0 Å². The van der Waals surface area contributed by atoms with Gasteiger partial charge >= 0.3 is 6.18 Å². The molecule has 1 saturated carbocycles. The number of carbonyl (C=O) groups is 1. The van der Waals surface area contributed by atoms with Gasteiger partial charge in [0.15, 0.2) is 0 Å². The van der Waals surface area contributed by atoms with E-state index in [-0.39, 0.29) is 11.7 Å². The molecule has 0 spiro atoms. The molecule has 0 aromatic heterocycles. The zero-order chi connectivity index (χ0) is 19.0. The second kappa shape index (κ2) is 9.21. The molecule has 1 fully saturated rings. The van der Waals surface area contributed by atoms with Gasteiger partial charge in [-0.3, -0.25) is 14.9 Å². The molecule has 10 heteroatoms. The van der Waals surface area contributed by atoms with E-state index in [0.29, 0.717) is 0 Å². The molecule has 1 aliphatic rings. The molecule has 4 N–H and O–H groups in total. The van der Waals surface area contributed by atoms with Crippen LogP contribution in [-0.4, -0.2) is 28.6 Å². The molecule has 1 amide bonds. The molecule has 1 aliphatic carbocycles. The monoisotopic (exact) mass is 363 g/mol. The number of benzene rings is 1. The fourth-order valence-corrected chi connectivity index (χ4v) is 2.49. The van der Waals surface area contributed by atoms with Crippen molar-refractivity contribution >= 4 is 17.3 Å². The number of nitro benzene ring substituents is 1. The highest BCUT2D eigenvalue weighted by atomic mass is 19.4. The zero-order valence-electron chi connectivity index (χ0n) is 13.4. The number of halogens is 3. The Labute approximate surface area is 142 Å². The van der Waals surface area contributed by atoms with Crippen molar-refractivity contribution in [2.75, 3.05) is 11.9 Å². The number of nitro groups is 1. The Hall–Kier alpha value is -2.36. The van der Waals surface area contributed by atoms with Crippen molar-refractivity contribution in [2.45, 2.75) is 44.3 Å². The minimum atomic E-state index is -4.73. The minimum absolute atomic E-state index is 0.145. The molecule has 0 radical (unpaired) electrons. The van der Waals surface area contributed by atoms with Crippen molar-refractivity contribution in [1.29, 1.82) is 0 Å². The quantitative estimate of drug-likeness (QED) is 0.561. The van der Waals surface area contributed by atoms with Crippen molar-refractivity contribution < 1.29 is 28.0 Å². The van der Waals surface area contributed by atoms with Crippen LogP contribution < -0.4 is 11.1 Å². The maximum atomic E-state index is 12.8. The highest BCUT2D eigenvalue weighted by Gasteiger charge is 2.38. The van der Waals surface area contributed by atoms with Gasteiger partial charge in [-0.1, -0.05) is 19.3 Å². The molecule has 0 heterocycles. The molecular formula is C15H20F3N3O4. The Morgan fingerprint density at radius 2 is 1.88 bits per heavy atom. The summed E-state index contributed by atoms with van der Waals surface area (Å²) in [4.78, 5) is 19.0. The van der Waals surface area contributed by atoms with E-state index in [4.69, 9.17) is 5.11 Å². The van der Waals surface area contributed by atoms with E-state index in [0.717, 1.165) is 44.2 Å². The summed E-state index contributed by atoms with van der Waals surface area (Å²) in [5, 5.41) is 21.4. The van der Waals surface area contributed by atoms with Crippen LogP contribution in [0.5, 0.6) is 0 Å². The van der Waals surface area contributed by atoms with Gasteiger partial charge in [-0.15, -0.1) is 0 Å². The highest BCUT2D eigenvalue weighted by molar-refractivity contribution is 5.74. The fraction of sp³-hybridized carbons (Fsp3) is 0.533. The Balaban J connectivity index is 0.000000550. The molecule has 0 atom stereocenters. The molecular weight excluding hydrogens is 343 g/mol. The zero-order valence-corrected chi connectivity index (χ0v) is 13.4. The maximum absolute atomic E-state index is 12.8. The van der Waals surface area contributed by atoms with Crippen LogP contribution in [0.3, 0.4) is 0 Å². The number of anilines is 1. The number of amides is 1. The first-order valence-corrected chi connectivity index (χ1v) is 7.66. The summed E-state index contributed by atoms with van der Waals surface area (Å²) in [5.74, 6) is -0.690. The lowest BCUT2D eigenvalue weighted by Gasteiger charge is -2.24. The molecule has 1 aromatic carbocycles. The summed E-state index contributed by atoms with van der Waals surface area (Å²) in [6.07, 6.45) is 0.350. The topological polar surface area (TPSA) is 118 Å². The first-order valence-electron chi connectivity index (χ1n) is 7.66. The van der Waals surface area contributed by atoms with Gasteiger partial charge in [0, 0.05) is 17.8 Å². The summed E-state index contributed by atoms with van der Waals surface area (Å²) in [6, 6.07) is 3.22. The van der Waals surface area contributed by atoms with Gasteiger partial charge in [-0.2, -0.15) is 13.2 Å². The third kappa shape index (κ3) is 6.96. The molecule has 0 unspecified atom stereocenters. The molecule has 1 aromatic rings. The van der Waals surface area contributed by atoms with Crippen LogP contribution in [0.1, 0.15) is 37.7 Å². The van der Waals surface area contributed by atoms with Crippen LogP contribution in [-0.2, 0) is 11.0 Å². The number of nitrogens with two attached hydrogens (primary N) is 1. The molecule has 2 rings (SSSR count). The number of hydrogen-bond donors (Lipinski definition) is 3. The highest BCUT2D eigenvalue weighted by Crippen LogP contribution is 2.38. The third-order valence-electron chi connectivity index (χ3n) is 3.63. The molecule has 0 saturated heterocycles. The number of aliphatic hydroxyl groups excluding tert-OH is 1. The van der Waals surface area contributed by atoms with Crippen molar-refractivity contribution in [3.63, 3.8) is 0 Å². The van der Waals surface area contributed by atoms with Gasteiger partial charge in [0.05, 0.1) is 4.92 Å². The fourth-order valence-electron chi connectivity index (χ4n) is 2.49. The van der Waals surface area contributed by atoms with Crippen molar-refractivity contribution in [3.05, 3.63) is 33.9 Å². The Morgan fingerprint density at radius 3 is 2.32 bits per heavy atom. The van der Waals surface area contributed by atoms with Gasteiger partial charge in [0.25, 0.3) is 5.69 Å². The van der Waals surface area contributed by atoms with E-state index in [2.05, 4.69) is 11.1 Å². The van der Waals surface area contributed by atoms with Crippen molar-refractivity contribution in [2.24, 2.45) is 5.73 Å². The second-order valence-electron chi connectivity index (χ2n) is 5.59. The van der Waals surface area contributed by atoms with E-state index >= 15 is 0 Å². The normalized spacial score (nSPS) is 15.0. The third-order valence-corrected chi connectivity index (χ3v) is 3.63. The van der Waals surface area contributed by atoms with E-state index in [1.54, 1.807) is 0 Å². The number of nitrogens with one attached hydrogen (secondary N) is 1. The lowest BCUT2D eigenvalue weighted by Crippen LogP contribution is -2.22. The minimum Gasteiger partial charge on any atom is -0.387 e. The molecule has 0 aliphatic heterocycles. The average molecular weight is 363 g/mol. The lowest BCUT2D eigenvalue weighted by molar-refractivity contribution is -0.388. The van der Waals surface area contributed by atoms with Crippen molar-refractivity contribution in [3.8, 4) is 0 Å². The number of carbonyl (C=O) groups excluding carboxylic acids is 1. The summed E-state index contributed by atoms with van der Waals surface area (Å²) in [7, 11) is 0. The second-order valence-corrected chi connectivity index (χ2v) is 5.59. The summed E-state index contributed by atoms with van der Waals surface area (Å²) < 4.78 is 38.5. The molecule has 140 valence electrons. The number of nitrogens with zero attached hydrogens (tertiary/aromatic N) is 1. The van der Waals surface area contributed by atoms with Crippen LogP contribution in [0.15, 0.2) is 18.2 Å². The van der Waals surface area contributed by atoms with Crippen LogP contribution in [0.25, 0.3) is 0 Å². The van der Waals surface area contributed by atoms with E-state index in [9.17, 15) is 28.1 Å². The summed E-state index contributed by atoms with van der Waals surface area (Å²) in [6.45, 7) is -0.556. The summed E-state index contributed by atoms with van der Waals surface area (Å²) >= 11 is 0. The molecule has 25 heavy (non-hydrogen) atoms. The first-order chi connectivity index (χ1) is 11.6. The van der Waals surface area contributed by atoms with Crippen LogP contribution in [0.2, 0.25) is 0 Å². The maximum Gasteiger partial charge on any atom is 0.423 e. The SMILES string of the molecule is NC(=O)CO.O=[N+]([O-])c1ccc(NC2CCCCC2)cc1C(F)(F)F. The Kier molecular flexibility index (Phi) is 7.62. The average Bonchev–Trinajstić information content (AvgIpc) is 2.55. The van der Waals surface area contributed by atoms with Gasteiger partial charge in [0.2, 0.25) is 5.91 Å². The van der Waals surface area contributed by atoms with Gasteiger partial charge in [-0.25, -0.2) is 0 Å². The predicted molar refractivity (Wildman–Crippen MR) is 84.9 cm³/mol. The number of aliphatic hydroxyl groups is 1.